The predicted octanol–water partition coefficient (Wildman–Crippen LogP) is 2.99. The first-order valence-electron chi connectivity index (χ1n) is 5.97. The van der Waals surface area contributed by atoms with Gasteiger partial charge in [0.15, 0.2) is 0 Å². The van der Waals surface area contributed by atoms with Gasteiger partial charge in [-0.1, -0.05) is 23.7 Å². The molecule has 0 aliphatic heterocycles. The fraction of sp³-hybridized carbons (Fsp3) is 0.286. The molecule has 1 heterocycles. The van der Waals surface area contributed by atoms with Crippen LogP contribution in [0.1, 0.15) is 11.3 Å². The van der Waals surface area contributed by atoms with E-state index in [-0.39, 0.29) is 0 Å². The fourth-order valence-corrected chi connectivity index (χ4v) is 1.84. The van der Waals surface area contributed by atoms with Gasteiger partial charge in [0.1, 0.15) is 12.4 Å². The Morgan fingerprint density at radius 2 is 2.11 bits per heavy atom. The molecule has 2 aromatic rings. The van der Waals surface area contributed by atoms with Gasteiger partial charge in [-0.2, -0.15) is 10.4 Å². The molecule has 1 aromatic carbocycles. The van der Waals surface area contributed by atoms with Crippen molar-refractivity contribution in [1.29, 1.82) is 5.26 Å². The molecular weight excluding hydrogens is 262 g/mol. The van der Waals surface area contributed by atoms with Crippen LogP contribution in [0.3, 0.4) is 0 Å². The predicted molar refractivity (Wildman–Crippen MR) is 73.2 cm³/mol. The highest BCUT2D eigenvalue weighted by Crippen LogP contribution is 2.14. The van der Waals surface area contributed by atoms with Gasteiger partial charge in [0, 0.05) is 0 Å². The van der Waals surface area contributed by atoms with Crippen molar-refractivity contribution < 1.29 is 4.74 Å². The molecule has 0 saturated carbocycles. The molecule has 0 fully saturated rings. The van der Waals surface area contributed by atoms with Crippen molar-refractivity contribution in [2.45, 2.75) is 19.9 Å². The molecule has 0 N–H and O–H groups in total. The quantitative estimate of drug-likeness (QED) is 0.843. The van der Waals surface area contributed by atoms with Crippen molar-refractivity contribution in [1.82, 2.24) is 9.78 Å². The molecule has 0 unspecified atom stereocenters. The van der Waals surface area contributed by atoms with Gasteiger partial charge in [0.05, 0.1) is 35.9 Å². The minimum Gasteiger partial charge on any atom is -0.492 e. The summed E-state index contributed by atoms with van der Waals surface area (Å²) in [4.78, 5) is 0. The smallest absolute Gasteiger partial charge is 0.119 e. The third kappa shape index (κ3) is 3.49. The standard InChI is InChI=1S/C14H14ClN3O/c1-11-14(15)10-17-18(11)8-9-19-13-4-2-12(3-5-13)6-7-16/h2-5,10H,6,8-9H2,1H3. The van der Waals surface area contributed by atoms with E-state index in [0.29, 0.717) is 24.6 Å². The maximum atomic E-state index is 8.58. The lowest BCUT2D eigenvalue weighted by molar-refractivity contribution is 0.290. The Hall–Kier alpha value is -1.99. The van der Waals surface area contributed by atoms with Gasteiger partial charge in [-0.15, -0.1) is 0 Å². The van der Waals surface area contributed by atoms with Crippen LogP contribution >= 0.6 is 11.6 Å². The van der Waals surface area contributed by atoms with E-state index < -0.39 is 0 Å². The third-order valence-electron chi connectivity index (χ3n) is 2.82. The zero-order valence-corrected chi connectivity index (χ0v) is 11.4. The second-order valence-electron chi connectivity index (χ2n) is 4.13. The van der Waals surface area contributed by atoms with E-state index in [9.17, 15) is 0 Å². The first-order valence-corrected chi connectivity index (χ1v) is 6.35. The number of halogens is 1. The molecule has 0 atom stereocenters. The highest BCUT2D eigenvalue weighted by Gasteiger charge is 2.03. The summed E-state index contributed by atoms with van der Waals surface area (Å²) in [7, 11) is 0. The summed E-state index contributed by atoms with van der Waals surface area (Å²) in [6, 6.07) is 9.65. The van der Waals surface area contributed by atoms with E-state index in [1.165, 1.54) is 0 Å². The van der Waals surface area contributed by atoms with Crippen molar-refractivity contribution in [3.05, 3.63) is 46.7 Å². The Morgan fingerprint density at radius 3 is 2.68 bits per heavy atom. The molecule has 19 heavy (non-hydrogen) atoms. The molecule has 5 heteroatoms. The van der Waals surface area contributed by atoms with Crippen molar-refractivity contribution >= 4 is 11.6 Å². The van der Waals surface area contributed by atoms with E-state index in [1.807, 2.05) is 35.9 Å². The summed E-state index contributed by atoms with van der Waals surface area (Å²) in [5.74, 6) is 0.789. The van der Waals surface area contributed by atoms with Crippen LogP contribution in [-0.2, 0) is 13.0 Å². The average Bonchev–Trinajstić information content (AvgIpc) is 2.73. The van der Waals surface area contributed by atoms with Crippen molar-refractivity contribution in [2.75, 3.05) is 6.61 Å². The van der Waals surface area contributed by atoms with Crippen LogP contribution in [0.15, 0.2) is 30.5 Å². The molecule has 0 aliphatic rings. The topological polar surface area (TPSA) is 50.8 Å². The van der Waals surface area contributed by atoms with Gasteiger partial charge in [0.2, 0.25) is 0 Å². The number of nitrogens with zero attached hydrogens (tertiary/aromatic N) is 3. The highest BCUT2D eigenvalue weighted by atomic mass is 35.5. The average molecular weight is 276 g/mol. The first-order chi connectivity index (χ1) is 9.20. The second kappa shape index (κ2) is 6.26. The third-order valence-corrected chi connectivity index (χ3v) is 3.19. The summed E-state index contributed by atoms with van der Waals surface area (Å²) in [6.45, 7) is 3.10. The maximum Gasteiger partial charge on any atom is 0.119 e. The Labute approximate surface area is 117 Å². The second-order valence-corrected chi connectivity index (χ2v) is 4.54. The SMILES string of the molecule is Cc1c(Cl)cnn1CCOc1ccc(CC#N)cc1. The summed E-state index contributed by atoms with van der Waals surface area (Å²) in [5.41, 5.74) is 1.93. The molecule has 0 bridgehead atoms. The van der Waals surface area contributed by atoms with E-state index >= 15 is 0 Å². The lowest BCUT2D eigenvalue weighted by atomic mass is 10.2. The lowest BCUT2D eigenvalue weighted by Gasteiger charge is -2.08. The Balaban J connectivity index is 1.86. The number of ether oxygens (including phenoxy) is 1. The van der Waals surface area contributed by atoms with E-state index in [4.69, 9.17) is 21.6 Å². The molecule has 0 aliphatic carbocycles. The van der Waals surface area contributed by atoms with Gasteiger partial charge in [-0.05, 0) is 24.6 Å². The number of hydrogen-bond acceptors (Lipinski definition) is 3. The van der Waals surface area contributed by atoms with Crippen LogP contribution in [0.4, 0.5) is 0 Å². The van der Waals surface area contributed by atoms with Crippen molar-refractivity contribution in [3.63, 3.8) is 0 Å². The van der Waals surface area contributed by atoms with Crippen LogP contribution in [0.5, 0.6) is 5.75 Å². The maximum absolute atomic E-state index is 8.58. The van der Waals surface area contributed by atoms with Gasteiger partial charge in [0.25, 0.3) is 0 Å². The largest absolute Gasteiger partial charge is 0.492 e. The number of hydrogen-bond donors (Lipinski definition) is 0. The van der Waals surface area contributed by atoms with Gasteiger partial charge in [-0.25, -0.2) is 0 Å². The normalized spacial score (nSPS) is 10.2. The molecule has 0 radical (unpaired) electrons. The van der Waals surface area contributed by atoms with Crippen LogP contribution < -0.4 is 4.74 Å². The minimum atomic E-state index is 0.422. The molecule has 0 amide bonds. The molecule has 1 aromatic heterocycles. The Bertz CT molecular complexity index is 584. The highest BCUT2D eigenvalue weighted by molar-refractivity contribution is 6.31. The summed E-state index contributed by atoms with van der Waals surface area (Å²) in [5, 5.41) is 13.4. The fourth-order valence-electron chi connectivity index (χ4n) is 1.69. The van der Waals surface area contributed by atoms with Crippen molar-refractivity contribution in [2.24, 2.45) is 0 Å². The van der Waals surface area contributed by atoms with Gasteiger partial charge in [-0.3, -0.25) is 4.68 Å². The van der Waals surface area contributed by atoms with Gasteiger partial charge >= 0.3 is 0 Å². The molecular formula is C14H14ClN3O. The first kappa shape index (κ1) is 13.4. The number of benzene rings is 1. The number of aromatic nitrogens is 2. The Kier molecular flexibility index (Phi) is 4.43. The van der Waals surface area contributed by atoms with Crippen molar-refractivity contribution in [3.8, 4) is 11.8 Å². The van der Waals surface area contributed by atoms with E-state index in [0.717, 1.165) is 17.0 Å². The minimum absolute atomic E-state index is 0.422. The van der Waals surface area contributed by atoms with Crippen LogP contribution in [-0.4, -0.2) is 16.4 Å². The number of rotatable bonds is 5. The van der Waals surface area contributed by atoms with E-state index in [1.54, 1.807) is 6.20 Å². The zero-order valence-electron chi connectivity index (χ0n) is 10.6. The molecule has 0 saturated heterocycles. The van der Waals surface area contributed by atoms with Gasteiger partial charge < -0.3 is 4.74 Å². The van der Waals surface area contributed by atoms with E-state index in [2.05, 4.69) is 11.2 Å². The monoisotopic (exact) mass is 275 g/mol. The zero-order chi connectivity index (χ0) is 13.7. The van der Waals surface area contributed by atoms with Crippen LogP contribution in [0.25, 0.3) is 0 Å². The molecule has 0 spiro atoms. The summed E-state index contributed by atoms with van der Waals surface area (Å²) in [6.07, 6.45) is 2.05. The summed E-state index contributed by atoms with van der Waals surface area (Å²) < 4.78 is 7.43. The lowest BCUT2D eigenvalue weighted by Crippen LogP contribution is -2.10. The van der Waals surface area contributed by atoms with Crippen LogP contribution in [0.2, 0.25) is 5.02 Å². The van der Waals surface area contributed by atoms with Crippen LogP contribution in [0, 0.1) is 18.3 Å². The molecule has 98 valence electrons. The molecule has 4 nitrogen and oxygen atoms in total. The number of nitriles is 1. The molecule has 2 rings (SSSR count). The Morgan fingerprint density at radius 1 is 1.37 bits per heavy atom. The summed E-state index contributed by atoms with van der Waals surface area (Å²) >= 11 is 5.92.